The van der Waals surface area contributed by atoms with Crippen LogP contribution in [0.1, 0.15) is 24.3 Å². The average Bonchev–Trinajstić information content (AvgIpc) is 3.11. The van der Waals surface area contributed by atoms with E-state index in [9.17, 15) is 17.2 Å². The van der Waals surface area contributed by atoms with Gasteiger partial charge in [-0.1, -0.05) is 0 Å². The van der Waals surface area contributed by atoms with Gasteiger partial charge in [-0.05, 0) is 37.6 Å². The second-order valence-electron chi connectivity index (χ2n) is 5.37. The summed E-state index contributed by atoms with van der Waals surface area (Å²) >= 11 is 1.14. The van der Waals surface area contributed by atoms with Crippen molar-refractivity contribution in [2.75, 3.05) is 4.72 Å². The molecule has 0 aliphatic carbocycles. The van der Waals surface area contributed by atoms with Crippen molar-refractivity contribution in [3.05, 3.63) is 46.8 Å². The molecule has 3 N–H and O–H groups in total. The maximum absolute atomic E-state index is 13.2. The van der Waals surface area contributed by atoms with Crippen molar-refractivity contribution in [1.82, 2.24) is 10.9 Å². The highest BCUT2D eigenvalue weighted by Crippen LogP contribution is 2.31. The zero-order valence-corrected chi connectivity index (χ0v) is 13.8. The lowest BCUT2D eigenvalue weighted by molar-refractivity contribution is 0.509. The quantitative estimate of drug-likeness (QED) is 0.785. The van der Waals surface area contributed by atoms with Gasteiger partial charge in [-0.25, -0.2) is 22.6 Å². The summed E-state index contributed by atoms with van der Waals surface area (Å²) in [5.74, 6) is -2.13. The summed E-state index contributed by atoms with van der Waals surface area (Å²) in [5.41, 5.74) is 6.17. The van der Waals surface area contributed by atoms with Gasteiger partial charge in [0.15, 0.2) is 11.6 Å². The second-order valence-corrected chi connectivity index (χ2v) is 8.39. The second kappa shape index (κ2) is 6.16. The summed E-state index contributed by atoms with van der Waals surface area (Å²) in [6, 6.07) is 6.49. The lowest BCUT2D eigenvalue weighted by Gasteiger charge is -2.07. The van der Waals surface area contributed by atoms with E-state index in [-0.39, 0.29) is 15.9 Å². The zero-order chi connectivity index (χ0) is 16.6. The molecule has 0 spiro atoms. The third-order valence-corrected chi connectivity index (χ3v) is 6.55. The first-order chi connectivity index (χ1) is 10.8. The van der Waals surface area contributed by atoms with Crippen LogP contribution in [0.15, 0.2) is 34.5 Å². The minimum absolute atomic E-state index is 0.0202. The number of thiophene rings is 1. The molecule has 1 aliphatic rings. The number of rotatable bonds is 4. The molecule has 2 unspecified atom stereocenters. The van der Waals surface area contributed by atoms with E-state index in [1.807, 2.05) is 6.92 Å². The molecule has 0 saturated carbocycles. The molecule has 5 nitrogen and oxygen atoms in total. The van der Waals surface area contributed by atoms with E-state index >= 15 is 0 Å². The Morgan fingerprint density at radius 2 is 1.96 bits per heavy atom. The Bertz CT molecular complexity index is 823. The Morgan fingerprint density at radius 3 is 2.61 bits per heavy atom. The molecule has 1 fully saturated rings. The fraction of sp³-hybridized carbons (Fsp3) is 0.286. The third-order valence-electron chi connectivity index (χ3n) is 3.48. The van der Waals surface area contributed by atoms with Crippen LogP contribution in [0.3, 0.4) is 0 Å². The van der Waals surface area contributed by atoms with Crippen LogP contribution in [-0.2, 0) is 10.0 Å². The van der Waals surface area contributed by atoms with Gasteiger partial charge in [-0.2, -0.15) is 0 Å². The number of hydrogen-bond acceptors (Lipinski definition) is 5. The van der Waals surface area contributed by atoms with E-state index < -0.39 is 21.7 Å². The zero-order valence-electron chi connectivity index (χ0n) is 12.1. The topological polar surface area (TPSA) is 70.2 Å². The monoisotopic (exact) mass is 359 g/mol. The maximum atomic E-state index is 13.2. The van der Waals surface area contributed by atoms with Gasteiger partial charge in [0.05, 0.1) is 11.7 Å². The molecule has 2 atom stereocenters. The van der Waals surface area contributed by atoms with Gasteiger partial charge in [0.1, 0.15) is 4.21 Å². The van der Waals surface area contributed by atoms with E-state index in [0.29, 0.717) is 6.04 Å². The molecule has 1 aromatic heterocycles. The normalized spacial score (nSPS) is 21.5. The SMILES string of the molecule is CC1CC(c2ccc(S(=O)(=O)Nc3ccc(F)c(F)c3)s2)NN1. The van der Waals surface area contributed by atoms with Gasteiger partial charge in [0.2, 0.25) is 0 Å². The van der Waals surface area contributed by atoms with Gasteiger partial charge in [-0.15, -0.1) is 11.3 Å². The summed E-state index contributed by atoms with van der Waals surface area (Å²) < 4.78 is 53.1. The minimum atomic E-state index is -3.83. The lowest BCUT2D eigenvalue weighted by atomic mass is 10.1. The number of anilines is 1. The highest BCUT2D eigenvalue weighted by molar-refractivity contribution is 7.94. The fourth-order valence-electron chi connectivity index (χ4n) is 2.33. The fourth-order valence-corrected chi connectivity index (χ4v) is 4.77. The lowest BCUT2D eigenvalue weighted by Crippen LogP contribution is -2.28. The highest BCUT2D eigenvalue weighted by Gasteiger charge is 2.25. The molecule has 1 aromatic carbocycles. The van der Waals surface area contributed by atoms with Crippen molar-refractivity contribution in [2.24, 2.45) is 0 Å². The number of benzene rings is 1. The van der Waals surface area contributed by atoms with Crippen molar-refractivity contribution in [2.45, 2.75) is 29.6 Å². The molecule has 0 radical (unpaired) electrons. The number of halogens is 2. The van der Waals surface area contributed by atoms with Crippen LogP contribution >= 0.6 is 11.3 Å². The maximum Gasteiger partial charge on any atom is 0.271 e. The van der Waals surface area contributed by atoms with Gasteiger partial charge >= 0.3 is 0 Å². The molecule has 0 bridgehead atoms. The number of sulfonamides is 1. The Hall–Kier alpha value is -1.55. The number of hydrogen-bond donors (Lipinski definition) is 3. The van der Waals surface area contributed by atoms with Crippen molar-refractivity contribution >= 4 is 27.0 Å². The van der Waals surface area contributed by atoms with Crippen LogP contribution in [0.25, 0.3) is 0 Å². The third kappa shape index (κ3) is 3.52. The molecule has 124 valence electrons. The standard InChI is InChI=1S/C14H15F2N3O2S2/c1-8-6-12(18-17-8)13-4-5-14(22-13)23(20,21)19-9-2-3-10(15)11(16)7-9/h2-5,7-8,12,17-19H,6H2,1H3. The van der Waals surface area contributed by atoms with Gasteiger partial charge < -0.3 is 0 Å². The van der Waals surface area contributed by atoms with Crippen molar-refractivity contribution in [1.29, 1.82) is 0 Å². The van der Waals surface area contributed by atoms with Crippen LogP contribution in [0.5, 0.6) is 0 Å². The summed E-state index contributed by atoms with van der Waals surface area (Å²) in [6.07, 6.45) is 0.858. The van der Waals surface area contributed by atoms with Crippen LogP contribution in [0.4, 0.5) is 14.5 Å². The van der Waals surface area contributed by atoms with Crippen molar-refractivity contribution < 1.29 is 17.2 Å². The Kier molecular flexibility index (Phi) is 4.37. The predicted octanol–water partition coefficient (Wildman–Crippen LogP) is 2.75. The minimum Gasteiger partial charge on any atom is -0.279 e. The van der Waals surface area contributed by atoms with Crippen molar-refractivity contribution in [3.63, 3.8) is 0 Å². The molecule has 9 heteroatoms. The molecule has 3 rings (SSSR count). The van der Waals surface area contributed by atoms with E-state index in [2.05, 4.69) is 15.6 Å². The largest absolute Gasteiger partial charge is 0.279 e. The van der Waals surface area contributed by atoms with Crippen LogP contribution < -0.4 is 15.6 Å². The highest BCUT2D eigenvalue weighted by atomic mass is 32.2. The predicted molar refractivity (Wildman–Crippen MR) is 84.6 cm³/mol. The Morgan fingerprint density at radius 1 is 1.17 bits per heavy atom. The van der Waals surface area contributed by atoms with Gasteiger partial charge in [0, 0.05) is 17.0 Å². The van der Waals surface area contributed by atoms with E-state index in [0.717, 1.165) is 34.8 Å². The molecular weight excluding hydrogens is 344 g/mol. The van der Waals surface area contributed by atoms with Crippen LogP contribution in [0, 0.1) is 11.6 Å². The summed E-state index contributed by atoms with van der Waals surface area (Å²) in [6.45, 7) is 2.03. The Labute approximate surface area is 136 Å². The molecule has 23 heavy (non-hydrogen) atoms. The van der Waals surface area contributed by atoms with Crippen LogP contribution in [0.2, 0.25) is 0 Å². The summed E-state index contributed by atoms with van der Waals surface area (Å²) in [4.78, 5) is 0.896. The molecule has 0 amide bonds. The van der Waals surface area contributed by atoms with E-state index in [4.69, 9.17) is 0 Å². The Balaban J connectivity index is 1.79. The molecule has 1 aliphatic heterocycles. The summed E-state index contributed by atoms with van der Waals surface area (Å²) in [5, 5.41) is 0. The molecule has 1 saturated heterocycles. The first kappa shape index (κ1) is 16.3. The van der Waals surface area contributed by atoms with Gasteiger partial charge in [0.25, 0.3) is 10.0 Å². The van der Waals surface area contributed by atoms with Gasteiger partial charge in [-0.3, -0.25) is 10.1 Å². The first-order valence-corrected chi connectivity index (χ1v) is 9.24. The van der Waals surface area contributed by atoms with E-state index in [1.54, 1.807) is 6.07 Å². The number of hydrazine groups is 1. The smallest absolute Gasteiger partial charge is 0.271 e. The molecule has 2 aromatic rings. The average molecular weight is 359 g/mol. The van der Waals surface area contributed by atoms with Crippen LogP contribution in [-0.4, -0.2) is 14.5 Å². The van der Waals surface area contributed by atoms with Crippen molar-refractivity contribution in [3.8, 4) is 0 Å². The molecule has 2 heterocycles. The number of nitrogens with one attached hydrogen (secondary N) is 3. The van der Waals surface area contributed by atoms with E-state index in [1.165, 1.54) is 12.1 Å². The first-order valence-electron chi connectivity index (χ1n) is 6.94. The molecular formula is C14H15F2N3O2S2. The summed E-state index contributed by atoms with van der Waals surface area (Å²) in [7, 11) is -3.83.